The molecular weight excluding hydrogens is 472 g/mol. The first-order chi connectivity index (χ1) is 16.9. The third-order valence-electron chi connectivity index (χ3n) is 11.8. The van der Waals surface area contributed by atoms with E-state index in [4.69, 9.17) is 14.2 Å². The second-order valence-corrected chi connectivity index (χ2v) is 15.3. The first-order valence-electron chi connectivity index (χ1n) is 14.7. The number of ether oxygens (including phenoxy) is 3. The summed E-state index contributed by atoms with van der Waals surface area (Å²) in [6.45, 7) is 16.3. The summed E-state index contributed by atoms with van der Waals surface area (Å²) in [5, 5.41) is 45.9. The van der Waals surface area contributed by atoms with Crippen molar-refractivity contribution in [3.8, 4) is 0 Å². The van der Waals surface area contributed by atoms with E-state index >= 15 is 0 Å². The van der Waals surface area contributed by atoms with Crippen LogP contribution in [0.1, 0.15) is 107 Å². The Kier molecular flexibility index (Phi) is 6.57. The molecule has 5 rings (SSSR count). The molecule has 0 unspecified atom stereocenters. The number of aliphatic hydroxyl groups is 4. The van der Waals surface area contributed by atoms with Crippen molar-refractivity contribution in [2.75, 3.05) is 0 Å². The quantitative estimate of drug-likeness (QED) is 0.444. The van der Waals surface area contributed by atoms with E-state index in [1.54, 1.807) is 0 Å². The predicted molar refractivity (Wildman–Crippen MR) is 140 cm³/mol. The van der Waals surface area contributed by atoms with E-state index in [9.17, 15) is 20.4 Å². The van der Waals surface area contributed by atoms with Crippen molar-refractivity contribution in [2.45, 2.75) is 166 Å². The molecule has 0 radical (unpaired) electrons. The average molecular weight is 525 g/mol. The summed E-state index contributed by atoms with van der Waals surface area (Å²) in [6.07, 6.45) is 3.11. The molecule has 0 aromatic heterocycles. The van der Waals surface area contributed by atoms with Gasteiger partial charge in [0, 0.05) is 11.8 Å². The van der Waals surface area contributed by atoms with Gasteiger partial charge >= 0.3 is 0 Å². The second kappa shape index (κ2) is 8.61. The molecule has 3 saturated heterocycles. The molecule has 214 valence electrons. The van der Waals surface area contributed by atoms with Crippen LogP contribution < -0.4 is 0 Å². The second-order valence-electron chi connectivity index (χ2n) is 15.3. The summed E-state index contributed by atoms with van der Waals surface area (Å²) in [5.41, 5.74) is -3.46. The fourth-order valence-corrected chi connectivity index (χ4v) is 9.72. The van der Waals surface area contributed by atoms with Gasteiger partial charge in [0.05, 0.1) is 59.0 Å². The number of hydrogen-bond donors (Lipinski definition) is 4. The number of fused-ring (bicyclic) bond motifs is 5. The summed E-state index contributed by atoms with van der Waals surface area (Å²) in [7, 11) is 0. The van der Waals surface area contributed by atoms with Crippen molar-refractivity contribution >= 4 is 0 Å². The molecule has 7 heteroatoms. The first-order valence-corrected chi connectivity index (χ1v) is 14.7. The Morgan fingerprint density at radius 3 is 2.03 bits per heavy atom. The van der Waals surface area contributed by atoms with Crippen LogP contribution in [0.3, 0.4) is 0 Å². The fourth-order valence-electron chi connectivity index (χ4n) is 9.72. The van der Waals surface area contributed by atoms with Gasteiger partial charge in [-0.3, -0.25) is 0 Å². The molecule has 5 fully saturated rings. The Labute approximate surface area is 223 Å². The number of aliphatic hydroxyl groups excluding tert-OH is 3. The lowest BCUT2D eigenvalue weighted by Crippen LogP contribution is -2.57. The molecule has 3 heterocycles. The van der Waals surface area contributed by atoms with Gasteiger partial charge in [-0.1, -0.05) is 13.8 Å². The molecule has 37 heavy (non-hydrogen) atoms. The zero-order valence-corrected chi connectivity index (χ0v) is 24.3. The fraction of sp³-hybridized carbons (Fsp3) is 1.00. The molecule has 2 saturated carbocycles. The van der Waals surface area contributed by atoms with E-state index < -0.39 is 46.3 Å². The highest BCUT2D eigenvalue weighted by atomic mass is 16.6. The van der Waals surface area contributed by atoms with Crippen LogP contribution in [0.2, 0.25) is 0 Å². The highest BCUT2D eigenvalue weighted by Crippen LogP contribution is 2.67. The minimum absolute atomic E-state index is 0.0990. The van der Waals surface area contributed by atoms with Crippen molar-refractivity contribution in [1.82, 2.24) is 0 Å². The molecule has 0 spiro atoms. The molecule has 2 aliphatic carbocycles. The Morgan fingerprint density at radius 1 is 0.730 bits per heavy atom. The maximum atomic E-state index is 12.0. The molecule has 2 bridgehead atoms. The monoisotopic (exact) mass is 524 g/mol. The smallest absolute Gasteiger partial charge is 0.0921 e. The summed E-state index contributed by atoms with van der Waals surface area (Å²) in [5.74, 6) is -0.728. The maximum absolute atomic E-state index is 12.0. The SMILES string of the molecule is CC1(C)O[C@H]2CC[C@@]3(C)[C@@H]([C@@H](O)[C@H](O)[C@@H]3[C@@](C)(O)CC[C@@H]3OC(C)(C)[C@H]4CC[C@]3(C)O4)[C@]2(C)CC[C@H]1O. The Hall–Kier alpha value is -0.280. The van der Waals surface area contributed by atoms with Crippen molar-refractivity contribution in [1.29, 1.82) is 0 Å². The van der Waals surface area contributed by atoms with Gasteiger partial charge in [0.25, 0.3) is 0 Å². The summed E-state index contributed by atoms with van der Waals surface area (Å²) in [4.78, 5) is 0. The van der Waals surface area contributed by atoms with Gasteiger partial charge in [0.15, 0.2) is 0 Å². The predicted octanol–water partition coefficient (Wildman–Crippen LogP) is 3.73. The molecular formula is C30H52O7. The van der Waals surface area contributed by atoms with E-state index in [-0.39, 0.29) is 35.4 Å². The maximum Gasteiger partial charge on any atom is 0.0921 e. The highest BCUT2D eigenvalue weighted by Gasteiger charge is 2.70. The van der Waals surface area contributed by atoms with Crippen LogP contribution in [0.15, 0.2) is 0 Å². The summed E-state index contributed by atoms with van der Waals surface area (Å²) < 4.78 is 19.5. The summed E-state index contributed by atoms with van der Waals surface area (Å²) >= 11 is 0. The highest BCUT2D eigenvalue weighted by molar-refractivity contribution is 5.18. The van der Waals surface area contributed by atoms with Crippen molar-refractivity contribution < 1.29 is 34.6 Å². The number of hydrogen-bond acceptors (Lipinski definition) is 7. The van der Waals surface area contributed by atoms with E-state index in [0.29, 0.717) is 25.7 Å². The molecule has 12 atom stereocenters. The largest absolute Gasteiger partial charge is 0.390 e. The van der Waals surface area contributed by atoms with Gasteiger partial charge in [0.1, 0.15) is 0 Å². The van der Waals surface area contributed by atoms with E-state index in [1.807, 2.05) is 20.8 Å². The lowest BCUT2D eigenvalue weighted by molar-refractivity contribution is -0.269. The molecule has 0 aromatic carbocycles. The van der Waals surface area contributed by atoms with Crippen molar-refractivity contribution in [2.24, 2.45) is 22.7 Å². The van der Waals surface area contributed by atoms with Gasteiger partial charge in [-0.05, 0) is 104 Å². The molecule has 7 nitrogen and oxygen atoms in total. The van der Waals surface area contributed by atoms with E-state index in [0.717, 1.165) is 25.7 Å². The molecule has 3 aliphatic heterocycles. The Bertz CT molecular complexity index is 887. The van der Waals surface area contributed by atoms with E-state index in [1.165, 1.54) is 0 Å². The normalized spacial score (nSPS) is 54.2. The van der Waals surface area contributed by atoms with Crippen LogP contribution >= 0.6 is 0 Å². The standard InChI is InChI=1S/C30H52O7/c1-25(2)17(31)9-13-27(5)19(35-25)10-14-28(6)23(27)21(32)22(33)24(28)29(7,34)15-11-20-30(8)16-12-18(37-30)26(3,4)36-20/h17-24,31-34H,9-16H2,1-8H3/t17-,18-,19+,20+,21+,22+,23+,24+,27-,28+,29+,30+/m1/s1. The van der Waals surface area contributed by atoms with Crippen molar-refractivity contribution in [3.05, 3.63) is 0 Å². The van der Waals surface area contributed by atoms with Gasteiger partial charge in [-0.2, -0.15) is 0 Å². The van der Waals surface area contributed by atoms with Gasteiger partial charge in [-0.15, -0.1) is 0 Å². The van der Waals surface area contributed by atoms with Crippen LogP contribution in [0, 0.1) is 22.7 Å². The minimum atomic E-state index is -1.20. The van der Waals surface area contributed by atoms with Crippen LogP contribution in [-0.2, 0) is 14.2 Å². The van der Waals surface area contributed by atoms with Crippen LogP contribution in [0.25, 0.3) is 0 Å². The third-order valence-corrected chi connectivity index (χ3v) is 11.8. The zero-order valence-electron chi connectivity index (χ0n) is 24.3. The minimum Gasteiger partial charge on any atom is -0.390 e. The van der Waals surface area contributed by atoms with Crippen LogP contribution in [0.5, 0.6) is 0 Å². The summed E-state index contributed by atoms with van der Waals surface area (Å²) in [6, 6.07) is 0. The van der Waals surface area contributed by atoms with E-state index in [2.05, 4.69) is 34.6 Å². The Balaban J connectivity index is 1.40. The first kappa shape index (κ1) is 28.3. The number of rotatable bonds is 4. The molecule has 0 aromatic rings. The Morgan fingerprint density at radius 2 is 1.35 bits per heavy atom. The third kappa shape index (κ3) is 4.17. The molecule has 5 aliphatic rings. The lowest BCUT2D eigenvalue weighted by Gasteiger charge is -2.56. The van der Waals surface area contributed by atoms with Gasteiger partial charge in [0.2, 0.25) is 0 Å². The van der Waals surface area contributed by atoms with Crippen LogP contribution in [0.4, 0.5) is 0 Å². The lowest BCUT2D eigenvalue weighted by atomic mass is 9.51. The molecule has 4 N–H and O–H groups in total. The molecule has 0 amide bonds. The zero-order chi connectivity index (χ0) is 27.4. The van der Waals surface area contributed by atoms with Crippen LogP contribution in [-0.4, -0.2) is 79.5 Å². The van der Waals surface area contributed by atoms with Gasteiger partial charge in [-0.25, -0.2) is 0 Å². The average Bonchev–Trinajstić information content (AvgIpc) is 3.23. The topological polar surface area (TPSA) is 109 Å². The van der Waals surface area contributed by atoms with Crippen molar-refractivity contribution in [3.63, 3.8) is 0 Å². The van der Waals surface area contributed by atoms with Gasteiger partial charge < -0.3 is 34.6 Å².